The summed E-state index contributed by atoms with van der Waals surface area (Å²) < 4.78 is 0.335. The maximum absolute atomic E-state index is 10.9. The maximum atomic E-state index is 10.9. The summed E-state index contributed by atoms with van der Waals surface area (Å²) in [6.45, 7) is 1.66. The van der Waals surface area contributed by atoms with E-state index in [4.69, 9.17) is 11.6 Å². The zero-order valence-electron chi connectivity index (χ0n) is 7.08. The molecule has 1 aromatic carbocycles. The van der Waals surface area contributed by atoms with Gasteiger partial charge in [0.2, 0.25) is 0 Å². The van der Waals surface area contributed by atoms with Crippen molar-refractivity contribution in [1.29, 1.82) is 0 Å². The van der Waals surface area contributed by atoms with Gasteiger partial charge in [0.1, 0.15) is 0 Å². The summed E-state index contributed by atoms with van der Waals surface area (Å²) in [6, 6.07) is 2.66. The predicted octanol–water partition coefficient (Wildman–Crippen LogP) is 3.04. The summed E-state index contributed by atoms with van der Waals surface area (Å²) in [5.41, 5.74) is 0.587. The summed E-state index contributed by atoms with van der Waals surface area (Å²) in [7, 11) is 0. The Balaban J connectivity index is 3.42. The molecule has 0 amide bonds. The van der Waals surface area contributed by atoms with Crippen molar-refractivity contribution < 1.29 is 9.72 Å². The molecular weight excluding hydrogens is 273 g/mol. The molecule has 0 atom stereocenters. The average Bonchev–Trinajstić information content (AvgIpc) is 2.02. The number of benzene rings is 1. The second kappa shape index (κ2) is 4.06. The lowest BCUT2D eigenvalue weighted by atomic mass is 10.1. The first-order valence-electron chi connectivity index (χ1n) is 3.58. The molecule has 0 spiro atoms. The second-order valence-corrected chi connectivity index (χ2v) is 3.85. The van der Waals surface area contributed by atoms with Crippen LogP contribution < -0.4 is 0 Å². The van der Waals surface area contributed by atoms with Gasteiger partial charge < -0.3 is 0 Å². The Morgan fingerprint density at radius 1 is 1.57 bits per heavy atom. The van der Waals surface area contributed by atoms with Gasteiger partial charge in [-0.1, -0.05) is 0 Å². The van der Waals surface area contributed by atoms with E-state index in [0.29, 0.717) is 10.0 Å². The molecule has 0 aliphatic heterocycles. The largest absolute Gasteiger partial charge is 0.284 e. The third-order valence-corrected chi connectivity index (χ3v) is 2.54. The summed E-state index contributed by atoms with van der Waals surface area (Å²) in [4.78, 5) is 20.8. The number of halogens is 2. The van der Waals surface area contributed by atoms with Crippen LogP contribution in [0.3, 0.4) is 0 Å². The van der Waals surface area contributed by atoms with E-state index in [2.05, 4.69) is 15.9 Å². The van der Waals surface area contributed by atoms with Gasteiger partial charge in [-0.25, -0.2) is 0 Å². The van der Waals surface area contributed by atoms with Crippen LogP contribution in [0.5, 0.6) is 0 Å². The van der Waals surface area contributed by atoms with Crippen molar-refractivity contribution in [2.24, 2.45) is 0 Å². The van der Waals surface area contributed by atoms with E-state index in [0.717, 1.165) is 6.07 Å². The van der Waals surface area contributed by atoms with Gasteiger partial charge >= 0.3 is 0 Å². The Hall–Kier alpha value is -0.940. The Kier molecular flexibility index (Phi) is 3.23. The Morgan fingerprint density at radius 3 is 2.57 bits per heavy atom. The topological polar surface area (TPSA) is 60.2 Å². The highest BCUT2D eigenvalue weighted by atomic mass is 79.9. The molecule has 0 aromatic heterocycles. The van der Waals surface area contributed by atoms with Crippen molar-refractivity contribution in [3.8, 4) is 0 Å². The standard InChI is InChI=1S/C8H5BrClNO3/c1-4-2-6(9)7(11(13)14)3-5(4)8(10)12/h2-3H,1H3. The summed E-state index contributed by atoms with van der Waals surface area (Å²) in [5.74, 6) is 0. The van der Waals surface area contributed by atoms with Crippen LogP contribution in [0.15, 0.2) is 16.6 Å². The molecule has 6 heteroatoms. The Bertz CT molecular complexity index is 384. The molecule has 0 saturated carbocycles. The second-order valence-electron chi connectivity index (χ2n) is 2.65. The molecule has 0 fully saturated rings. The molecule has 1 rings (SSSR count). The number of hydrogen-bond donors (Lipinski definition) is 0. The summed E-state index contributed by atoms with van der Waals surface area (Å²) >= 11 is 8.30. The molecule has 14 heavy (non-hydrogen) atoms. The monoisotopic (exact) mass is 277 g/mol. The van der Waals surface area contributed by atoms with Crippen molar-refractivity contribution in [2.75, 3.05) is 0 Å². The van der Waals surface area contributed by atoms with Crippen LogP contribution >= 0.6 is 27.5 Å². The van der Waals surface area contributed by atoms with Crippen LogP contribution in [0.1, 0.15) is 15.9 Å². The van der Waals surface area contributed by atoms with E-state index in [-0.39, 0.29) is 11.3 Å². The van der Waals surface area contributed by atoms with Crippen LogP contribution in [0.25, 0.3) is 0 Å². The fourth-order valence-electron chi connectivity index (χ4n) is 1.01. The minimum atomic E-state index is -0.696. The van der Waals surface area contributed by atoms with Crippen molar-refractivity contribution >= 4 is 38.5 Å². The molecule has 0 N–H and O–H groups in total. The minimum absolute atomic E-state index is 0.154. The summed E-state index contributed by atoms with van der Waals surface area (Å²) in [5, 5.41) is 9.83. The van der Waals surface area contributed by atoms with Crippen LogP contribution in [0.4, 0.5) is 5.69 Å². The molecule has 1 aromatic rings. The third-order valence-electron chi connectivity index (χ3n) is 1.70. The van der Waals surface area contributed by atoms with Crippen molar-refractivity contribution in [1.82, 2.24) is 0 Å². The zero-order chi connectivity index (χ0) is 10.9. The lowest BCUT2D eigenvalue weighted by molar-refractivity contribution is -0.385. The van der Waals surface area contributed by atoms with Gasteiger partial charge in [-0.05, 0) is 46.1 Å². The van der Waals surface area contributed by atoms with E-state index < -0.39 is 10.2 Å². The molecule has 0 bridgehead atoms. The molecule has 0 aliphatic carbocycles. The maximum Gasteiger partial charge on any atom is 0.284 e. The molecule has 0 saturated heterocycles. The van der Waals surface area contributed by atoms with Gasteiger partial charge in [0.05, 0.1) is 9.40 Å². The number of aryl methyl sites for hydroxylation is 1. The third kappa shape index (κ3) is 2.10. The number of hydrogen-bond acceptors (Lipinski definition) is 3. The predicted molar refractivity (Wildman–Crippen MR) is 55.7 cm³/mol. The number of nitrogens with zero attached hydrogens (tertiary/aromatic N) is 1. The van der Waals surface area contributed by atoms with Crippen LogP contribution in [0, 0.1) is 17.0 Å². The number of rotatable bonds is 2. The number of nitro benzene ring substituents is 1. The normalized spacial score (nSPS) is 9.93. The fraction of sp³-hybridized carbons (Fsp3) is 0.125. The van der Waals surface area contributed by atoms with Gasteiger partial charge in [-0.3, -0.25) is 14.9 Å². The SMILES string of the molecule is Cc1cc(Br)c([N+](=O)[O-])cc1C(=O)Cl. The highest BCUT2D eigenvalue weighted by Crippen LogP contribution is 2.28. The lowest BCUT2D eigenvalue weighted by Gasteiger charge is -2.01. The Morgan fingerprint density at radius 2 is 2.14 bits per heavy atom. The summed E-state index contributed by atoms with van der Waals surface area (Å²) in [6.07, 6.45) is 0. The van der Waals surface area contributed by atoms with E-state index in [1.807, 2.05) is 0 Å². The van der Waals surface area contributed by atoms with Crippen molar-refractivity contribution in [3.05, 3.63) is 37.8 Å². The van der Waals surface area contributed by atoms with Crippen LogP contribution in [-0.2, 0) is 0 Å². The first kappa shape index (κ1) is 11.1. The first-order chi connectivity index (χ1) is 6.43. The van der Waals surface area contributed by atoms with Gasteiger partial charge in [0.25, 0.3) is 10.9 Å². The van der Waals surface area contributed by atoms with Crippen LogP contribution in [0.2, 0.25) is 0 Å². The zero-order valence-corrected chi connectivity index (χ0v) is 9.42. The molecular formula is C8H5BrClNO3. The number of carbonyl (C=O) groups is 1. The fourth-order valence-corrected chi connectivity index (χ4v) is 1.82. The minimum Gasteiger partial charge on any atom is -0.276 e. The number of carbonyl (C=O) groups excluding carboxylic acids is 1. The average molecular weight is 278 g/mol. The molecule has 4 nitrogen and oxygen atoms in total. The van der Waals surface area contributed by atoms with E-state index in [1.54, 1.807) is 6.92 Å². The lowest BCUT2D eigenvalue weighted by Crippen LogP contribution is -1.97. The van der Waals surface area contributed by atoms with E-state index in [1.165, 1.54) is 6.07 Å². The molecule has 0 aliphatic rings. The van der Waals surface area contributed by atoms with Gasteiger partial charge in [0.15, 0.2) is 0 Å². The highest BCUT2D eigenvalue weighted by molar-refractivity contribution is 9.10. The van der Waals surface area contributed by atoms with Crippen molar-refractivity contribution in [3.63, 3.8) is 0 Å². The molecule has 0 heterocycles. The van der Waals surface area contributed by atoms with Gasteiger partial charge in [-0.2, -0.15) is 0 Å². The smallest absolute Gasteiger partial charge is 0.276 e. The van der Waals surface area contributed by atoms with Crippen molar-refractivity contribution in [2.45, 2.75) is 6.92 Å². The van der Waals surface area contributed by atoms with E-state index in [9.17, 15) is 14.9 Å². The molecule has 0 unspecified atom stereocenters. The number of nitro groups is 1. The van der Waals surface area contributed by atoms with Gasteiger partial charge in [-0.15, -0.1) is 0 Å². The first-order valence-corrected chi connectivity index (χ1v) is 4.75. The molecule has 74 valence electrons. The molecule has 0 radical (unpaired) electrons. The van der Waals surface area contributed by atoms with Crippen LogP contribution in [-0.4, -0.2) is 10.2 Å². The quantitative estimate of drug-likeness (QED) is 0.474. The highest BCUT2D eigenvalue weighted by Gasteiger charge is 2.17. The Labute approximate surface area is 93.1 Å². The van der Waals surface area contributed by atoms with E-state index >= 15 is 0 Å². The van der Waals surface area contributed by atoms with Gasteiger partial charge in [0, 0.05) is 11.6 Å².